The molecule has 0 aromatic heterocycles. The molecule has 5 rings (SSSR count). The first-order chi connectivity index (χ1) is 18.0. The molecule has 1 aromatic rings. The van der Waals surface area contributed by atoms with Gasteiger partial charge in [-0.3, -0.25) is 19.3 Å². The number of benzene rings is 1. The van der Waals surface area contributed by atoms with E-state index in [0.717, 1.165) is 0 Å². The van der Waals surface area contributed by atoms with Crippen molar-refractivity contribution in [2.45, 2.75) is 49.5 Å². The molecule has 3 aliphatic carbocycles. The van der Waals surface area contributed by atoms with E-state index in [4.69, 9.17) is 15.9 Å². The van der Waals surface area contributed by atoms with Crippen LogP contribution in [0.5, 0.6) is 11.5 Å². The zero-order valence-electron chi connectivity index (χ0n) is 21.8. The number of ether oxygens (including phenoxy) is 1. The molecular formula is C27H35FN4O6. The van der Waals surface area contributed by atoms with Gasteiger partial charge in [0, 0.05) is 36.2 Å². The number of fused-ring (bicyclic) bond motifs is 3. The quantitative estimate of drug-likeness (QED) is 0.350. The molecule has 11 heteroatoms. The predicted molar refractivity (Wildman–Crippen MR) is 135 cm³/mol. The van der Waals surface area contributed by atoms with Crippen LogP contribution in [-0.4, -0.2) is 90.3 Å². The highest BCUT2D eigenvalue weighted by molar-refractivity contribution is 6.28. The number of nitrogens with zero attached hydrogens (tertiary/aromatic N) is 1. The van der Waals surface area contributed by atoms with Crippen molar-refractivity contribution in [3.8, 4) is 11.5 Å². The summed E-state index contributed by atoms with van der Waals surface area (Å²) in [6.45, 7) is -0.0614. The smallest absolute Gasteiger partial charge is 0.181 e. The standard InChI is InChI=1S/C27H35FN4O6/c1-32(2)21-16-7-11-6-14-20(18(33)8-13(24(14)38-3)17-5-4-12(28)10-31-17)23(35)19(11)26(36)27(16,37)25(30)15(9-29)22(21)34/h8,11-12,15-17,19,21,30-31,33,37H,4-7,9-10,29H2,1-3H3. The molecule has 1 saturated heterocycles. The second-order valence-electron chi connectivity index (χ2n) is 11.3. The van der Waals surface area contributed by atoms with Crippen molar-refractivity contribution < 1.29 is 33.7 Å². The van der Waals surface area contributed by atoms with E-state index in [1.807, 2.05) is 0 Å². The minimum absolute atomic E-state index is 0.0284. The highest BCUT2D eigenvalue weighted by Crippen LogP contribution is 2.53. The maximum atomic E-state index is 14.0. The number of aliphatic hydroxyl groups is 1. The molecule has 1 heterocycles. The number of alkyl halides is 1. The summed E-state index contributed by atoms with van der Waals surface area (Å²) in [5.41, 5.74) is 4.08. The molecule has 8 atom stereocenters. The summed E-state index contributed by atoms with van der Waals surface area (Å²) in [6.07, 6.45) is 0.228. The fourth-order valence-corrected chi connectivity index (χ4v) is 7.35. The number of rotatable bonds is 4. The highest BCUT2D eigenvalue weighted by atomic mass is 19.1. The van der Waals surface area contributed by atoms with Crippen molar-refractivity contribution >= 4 is 23.1 Å². The van der Waals surface area contributed by atoms with Crippen LogP contribution in [0.25, 0.3) is 0 Å². The van der Waals surface area contributed by atoms with Gasteiger partial charge in [-0.15, -0.1) is 0 Å². The minimum atomic E-state index is -2.31. The van der Waals surface area contributed by atoms with Gasteiger partial charge in [0.25, 0.3) is 0 Å². The average molecular weight is 531 g/mol. The van der Waals surface area contributed by atoms with Crippen LogP contribution >= 0.6 is 0 Å². The summed E-state index contributed by atoms with van der Waals surface area (Å²) < 4.78 is 19.5. The van der Waals surface area contributed by atoms with Crippen molar-refractivity contribution in [1.82, 2.24) is 10.2 Å². The topological polar surface area (TPSA) is 166 Å². The van der Waals surface area contributed by atoms with Crippen molar-refractivity contribution in [3.63, 3.8) is 0 Å². The lowest BCUT2D eigenvalue weighted by Crippen LogP contribution is -2.73. The van der Waals surface area contributed by atoms with E-state index in [1.54, 1.807) is 19.0 Å². The van der Waals surface area contributed by atoms with Crippen LogP contribution in [0.2, 0.25) is 0 Å². The summed E-state index contributed by atoms with van der Waals surface area (Å²) >= 11 is 0. The first-order valence-electron chi connectivity index (χ1n) is 13.1. The Morgan fingerprint density at radius 2 is 2.00 bits per heavy atom. The Balaban J connectivity index is 1.60. The van der Waals surface area contributed by atoms with Gasteiger partial charge in [0.05, 0.1) is 36.3 Å². The Kier molecular flexibility index (Phi) is 6.70. The molecule has 206 valence electrons. The Morgan fingerprint density at radius 3 is 2.58 bits per heavy atom. The lowest BCUT2D eigenvalue weighted by Gasteiger charge is -2.54. The molecule has 0 bridgehead atoms. The van der Waals surface area contributed by atoms with Crippen LogP contribution in [0.4, 0.5) is 4.39 Å². The van der Waals surface area contributed by atoms with Crippen LogP contribution in [-0.2, 0) is 16.0 Å². The van der Waals surface area contributed by atoms with E-state index in [0.29, 0.717) is 29.7 Å². The number of Topliss-reactive ketones (excluding diaryl/α,β-unsaturated/α-hetero) is 3. The monoisotopic (exact) mass is 530 g/mol. The summed E-state index contributed by atoms with van der Waals surface area (Å²) in [4.78, 5) is 42.7. The predicted octanol–water partition coefficient (Wildman–Crippen LogP) is 0.562. The maximum Gasteiger partial charge on any atom is 0.181 e. The molecule has 3 fully saturated rings. The van der Waals surface area contributed by atoms with Gasteiger partial charge in [0.2, 0.25) is 0 Å². The van der Waals surface area contributed by atoms with E-state index >= 15 is 0 Å². The second-order valence-corrected chi connectivity index (χ2v) is 11.3. The molecule has 0 spiro atoms. The number of hydrogen-bond donors (Lipinski definition) is 5. The Bertz CT molecular complexity index is 1210. The zero-order chi connectivity index (χ0) is 27.7. The van der Waals surface area contributed by atoms with E-state index in [2.05, 4.69) is 5.32 Å². The first-order valence-corrected chi connectivity index (χ1v) is 13.1. The number of phenolic OH excluding ortho intramolecular Hbond substituents is 1. The van der Waals surface area contributed by atoms with Gasteiger partial charge >= 0.3 is 0 Å². The third-order valence-corrected chi connectivity index (χ3v) is 9.11. The molecule has 0 amide bonds. The molecule has 0 radical (unpaired) electrons. The van der Waals surface area contributed by atoms with E-state index < -0.39 is 58.8 Å². The number of likely N-dealkylation sites (N-methyl/N-ethyl adjacent to an activating group) is 1. The molecule has 6 N–H and O–H groups in total. The summed E-state index contributed by atoms with van der Waals surface area (Å²) in [5.74, 6) is -5.56. The first kappa shape index (κ1) is 26.9. The lowest BCUT2D eigenvalue weighted by molar-refractivity contribution is -0.156. The van der Waals surface area contributed by atoms with Crippen molar-refractivity contribution in [2.75, 3.05) is 34.3 Å². The van der Waals surface area contributed by atoms with Crippen molar-refractivity contribution in [3.05, 3.63) is 22.8 Å². The van der Waals surface area contributed by atoms with Crippen LogP contribution in [0.1, 0.15) is 46.8 Å². The molecule has 2 saturated carbocycles. The van der Waals surface area contributed by atoms with Crippen molar-refractivity contribution in [1.29, 1.82) is 5.41 Å². The second kappa shape index (κ2) is 9.48. The van der Waals surface area contributed by atoms with Crippen LogP contribution in [0.15, 0.2) is 6.07 Å². The molecular weight excluding hydrogens is 495 g/mol. The normalized spacial score (nSPS) is 37.1. The average Bonchev–Trinajstić information content (AvgIpc) is 2.86. The number of hydrogen-bond acceptors (Lipinski definition) is 10. The number of methoxy groups -OCH3 is 1. The minimum Gasteiger partial charge on any atom is -0.507 e. The summed E-state index contributed by atoms with van der Waals surface area (Å²) in [7, 11) is 4.82. The van der Waals surface area contributed by atoms with Gasteiger partial charge in [0.1, 0.15) is 17.7 Å². The number of nitrogens with one attached hydrogen (secondary N) is 2. The van der Waals surface area contributed by atoms with E-state index in [-0.39, 0.29) is 49.1 Å². The molecule has 4 aliphatic rings. The van der Waals surface area contributed by atoms with Gasteiger partial charge < -0.3 is 31.4 Å². The Labute approximate surface area is 220 Å². The Hall–Kier alpha value is -2.73. The van der Waals surface area contributed by atoms with Gasteiger partial charge in [-0.25, -0.2) is 4.39 Å². The third kappa shape index (κ3) is 3.66. The maximum absolute atomic E-state index is 14.0. The van der Waals surface area contributed by atoms with E-state index in [9.17, 15) is 29.0 Å². The fraction of sp³-hybridized carbons (Fsp3) is 0.630. The number of carbonyl (C=O) groups excluding carboxylic acids is 3. The number of aromatic hydroxyl groups is 1. The Morgan fingerprint density at radius 1 is 1.29 bits per heavy atom. The van der Waals surface area contributed by atoms with E-state index in [1.165, 1.54) is 13.2 Å². The van der Waals surface area contributed by atoms with Gasteiger partial charge in [-0.1, -0.05) is 0 Å². The SMILES string of the molecule is COc1c(C2CCC(F)CN2)cc(O)c2c1CC1CC3C(N(C)C)C(=O)C(CN)C(=N)C3(O)C(=O)C1C2=O. The van der Waals surface area contributed by atoms with Crippen molar-refractivity contribution in [2.24, 2.45) is 29.4 Å². The summed E-state index contributed by atoms with van der Waals surface area (Å²) in [6, 6.07) is 0.303. The number of nitrogens with two attached hydrogens (primary N) is 1. The molecule has 8 unspecified atom stereocenters. The molecule has 1 aliphatic heterocycles. The number of phenols is 1. The molecule has 10 nitrogen and oxygen atoms in total. The molecule has 1 aromatic carbocycles. The number of piperidine rings is 1. The number of halogens is 1. The van der Waals surface area contributed by atoms with Gasteiger partial charge in [0.15, 0.2) is 23.0 Å². The molecule has 38 heavy (non-hydrogen) atoms. The zero-order valence-corrected chi connectivity index (χ0v) is 21.8. The van der Waals surface area contributed by atoms with Gasteiger partial charge in [-0.05, 0) is 51.8 Å². The number of ketones is 3. The van der Waals surface area contributed by atoms with Crippen LogP contribution < -0.4 is 15.8 Å². The highest BCUT2D eigenvalue weighted by Gasteiger charge is 2.66. The fourth-order valence-electron chi connectivity index (χ4n) is 7.35. The third-order valence-electron chi connectivity index (χ3n) is 9.11. The largest absolute Gasteiger partial charge is 0.507 e. The lowest BCUT2D eigenvalue weighted by atomic mass is 9.52. The van der Waals surface area contributed by atoms with Gasteiger partial charge in [-0.2, -0.15) is 0 Å². The summed E-state index contributed by atoms with van der Waals surface area (Å²) in [5, 5.41) is 34.6. The van der Waals surface area contributed by atoms with Crippen LogP contribution in [0.3, 0.4) is 0 Å². The van der Waals surface area contributed by atoms with Crippen LogP contribution in [0, 0.1) is 29.1 Å². The number of carbonyl (C=O) groups is 3.